The SMILES string of the molecule is CC1Nc2ccccc2CC1C(=O)N1CCC(C(N)=O)C1. The number of rotatable bonds is 2. The van der Waals surface area contributed by atoms with Crippen LogP contribution in [0.1, 0.15) is 18.9 Å². The van der Waals surface area contributed by atoms with Crippen molar-refractivity contribution in [2.24, 2.45) is 17.6 Å². The van der Waals surface area contributed by atoms with Gasteiger partial charge in [-0.3, -0.25) is 9.59 Å². The predicted molar refractivity (Wildman–Crippen MR) is 80.6 cm³/mol. The highest BCUT2D eigenvalue weighted by Gasteiger charge is 2.37. The number of nitrogens with one attached hydrogen (secondary N) is 1. The lowest BCUT2D eigenvalue weighted by Crippen LogP contribution is -2.45. The largest absolute Gasteiger partial charge is 0.382 e. The minimum absolute atomic E-state index is 0.0773. The quantitative estimate of drug-likeness (QED) is 0.852. The molecule has 2 aliphatic heterocycles. The molecule has 1 aromatic carbocycles. The summed E-state index contributed by atoms with van der Waals surface area (Å²) in [5.41, 5.74) is 7.64. The fourth-order valence-corrected chi connectivity index (χ4v) is 3.33. The molecule has 0 aliphatic carbocycles. The molecule has 2 heterocycles. The Bertz CT molecular complexity index is 572. The fraction of sp³-hybridized carbons (Fsp3) is 0.500. The molecule has 3 unspecified atom stereocenters. The summed E-state index contributed by atoms with van der Waals surface area (Å²) in [6.07, 6.45) is 1.44. The van der Waals surface area contributed by atoms with Crippen molar-refractivity contribution in [2.45, 2.75) is 25.8 Å². The molecular weight excluding hydrogens is 266 g/mol. The second kappa shape index (κ2) is 5.39. The van der Waals surface area contributed by atoms with E-state index >= 15 is 0 Å². The lowest BCUT2D eigenvalue weighted by atomic mass is 9.87. The van der Waals surface area contributed by atoms with E-state index in [0.29, 0.717) is 19.5 Å². The molecular formula is C16H21N3O2. The van der Waals surface area contributed by atoms with E-state index < -0.39 is 0 Å². The van der Waals surface area contributed by atoms with Crippen LogP contribution >= 0.6 is 0 Å². The minimum Gasteiger partial charge on any atom is -0.382 e. The fourth-order valence-electron chi connectivity index (χ4n) is 3.33. The van der Waals surface area contributed by atoms with Gasteiger partial charge in [0.05, 0.1) is 11.8 Å². The van der Waals surface area contributed by atoms with Crippen LogP contribution in [-0.4, -0.2) is 35.8 Å². The minimum atomic E-state index is -0.300. The molecule has 0 aromatic heterocycles. The number of nitrogens with zero attached hydrogens (tertiary/aromatic N) is 1. The van der Waals surface area contributed by atoms with Gasteiger partial charge in [0.2, 0.25) is 11.8 Å². The van der Waals surface area contributed by atoms with E-state index in [4.69, 9.17) is 5.73 Å². The number of hydrogen-bond donors (Lipinski definition) is 2. The molecule has 1 aromatic rings. The van der Waals surface area contributed by atoms with Gasteiger partial charge in [-0.05, 0) is 31.4 Å². The first kappa shape index (κ1) is 13.9. The lowest BCUT2D eigenvalue weighted by molar-refractivity contribution is -0.135. The third kappa shape index (κ3) is 2.60. The molecule has 3 atom stereocenters. The van der Waals surface area contributed by atoms with E-state index in [9.17, 15) is 9.59 Å². The summed E-state index contributed by atoms with van der Waals surface area (Å²) in [5.74, 6) is -0.432. The summed E-state index contributed by atoms with van der Waals surface area (Å²) in [6, 6.07) is 8.20. The summed E-state index contributed by atoms with van der Waals surface area (Å²) < 4.78 is 0. The van der Waals surface area contributed by atoms with Crippen LogP contribution in [0, 0.1) is 11.8 Å². The highest BCUT2D eigenvalue weighted by atomic mass is 16.2. The summed E-state index contributed by atoms with van der Waals surface area (Å²) in [7, 11) is 0. The third-order valence-corrected chi connectivity index (χ3v) is 4.66. The van der Waals surface area contributed by atoms with Crippen molar-refractivity contribution in [1.29, 1.82) is 0 Å². The summed E-state index contributed by atoms with van der Waals surface area (Å²) >= 11 is 0. The molecule has 21 heavy (non-hydrogen) atoms. The van der Waals surface area contributed by atoms with Gasteiger partial charge in [0.15, 0.2) is 0 Å². The van der Waals surface area contributed by atoms with Crippen molar-refractivity contribution in [3.63, 3.8) is 0 Å². The highest BCUT2D eigenvalue weighted by molar-refractivity contribution is 5.84. The van der Waals surface area contributed by atoms with Crippen LogP contribution in [0.2, 0.25) is 0 Å². The second-order valence-corrected chi connectivity index (χ2v) is 6.07. The van der Waals surface area contributed by atoms with Crippen LogP contribution < -0.4 is 11.1 Å². The average molecular weight is 287 g/mol. The van der Waals surface area contributed by atoms with Crippen molar-refractivity contribution in [1.82, 2.24) is 4.90 Å². The zero-order valence-electron chi connectivity index (χ0n) is 12.2. The Kier molecular flexibility index (Phi) is 3.57. The molecule has 5 nitrogen and oxygen atoms in total. The number of carbonyl (C=O) groups is 2. The van der Waals surface area contributed by atoms with Crippen LogP contribution in [0.25, 0.3) is 0 Å². The maximum Gasteiger partial charge on any atom is 0.228 e. The number of hydrogen-bond acceptors (Lipinski definition) is 3. The molecule has 0 bridgehead atoms. The van der Waals surface area contributed by atoms with Gasteiger partial charge in [0.25, 0.3) is 0 Å². The topological polar surface area (TPSA) is 75.4 Å². The number of para-hydroxylation sites is 1. The van der Waals surface area contributed by atoms with Crippen molar-refractivity contribution in [3.8, 4) is 0 Å². The zero-order chi connectivity index (χ0) is 15.0. The van der Waals surface area contributed by atoms with Gasteiger partial charge in [0.1, 0.15) is 0 Å². The lowest BCUT2D eigenvalue weighted by Gasteiger charge is -2.34. The molecule has 2 amide bonds. The van der Waals surface area contributed by atoms with Crippen molar-refractivity contribution < 1.29 is 9.59 Å². The first-order valence-electron chi connectivity index (χ1n) is 7.49. The van der Waals surface area contributed by atoms with Crippen LogP contribution in [0.5, 0.6) is 0 Å². The Hall–Kier alpha value is -2.04. The molecule has 1 fully saturated rings. The van der Waals surface area contributed by atoms with Gasteiger partial charge < -0.3 is 16.0 Å². The molecule has 0 saturated carbocycles. The van der Waals surface area contributed by atoms with E-state index in [1.165, 1.54) is 5.56 Å². The zero-order valence-corrected chi connectivity index (χ0v) is 12.2. The van der Waals surface area contributed by atoms with Gasteiger partial charge in [-0.15, -0.1) is 0 Å². The normalized spacial score (nSPS) is 27.9. The van der Waals surface area contributed by atoms with Crippen molar-refractivity contribution >= 4 is 17.5 Å². The smallest absolute Gasteiger partial charge is 0.228 e. The van der Waals surface area contributed by atoms with E-state index in [2.05, 4.69) is 11.4 Å². The van der Waals surface area contributed by atoms with Crippen molar-refractivity contribution in [3.05, 3.63) is 29.8 Å². The summed E-state index contributed by atoms with van der Waals surface area (Å²) in [4.78, 5) is 25.8. The number of fused-ring (bicyclic) bond motifs is 1. The Morgan fingerprint density at radius 1 is 1.33 bits per heavy atom. The van der Waals surface area contributed by atoms with Crippen LogP contribution in [0.3, 0.4) is 0 Å². The maximum atomic E-state index is 12.7. The Morgan fingerprint density at radius 2 is 2.10 bits per heavy atom. The first-order valence-corrected chi connectivity index (χ1v) is 7.49. The van der Waals surface area contributed by atoms with Crippen LogP contribution in [0.15, 0.2) is 24.3 Å². The van der Waals surface area contributed by atoms with Crippen molar-refractivity contribution in [2.75, 3.05) is 18.4 Å². The molecule has 3 N–H and O–H groups in total. The molecule has 112 valence electrons. The number of primary amides is 1. The number of likely N-dealkylation sites (tertiary alicyclic amines) is 1. The molecule has 0 radical (unpaired) electrons. The molecule has 0 spiro atoms. The second-order valence-electron chi connectivity index (χ2n) is 6.07. The van der Waals surface area contributed by atoms with E-state index in [1.54, 1.807) is 4.90 Å². The average Bonchev–Trinajstić information content (AvgIpc) is 2.96. The van der Waals surface area contributed by atoms with E-state index in [1.807, 2.05) is 25.1 Å². The standard InChI is InChI=1S/C16H21N3O2/c1-10-13(8-11-4-2-3-5-14(11)18-10)16(21)19-7-6-12(9-19)15(17)20/h2-5,10,12-13,18H,6-9H2,1H3,(H2,17,20). The Labute approximate surface area is 124 Å². The van der Waals surface area contributed by atoms with Gasteiger partial charge >= 0.3 is 0 Å². The summed E-state index contributed by atoms with van der Waals surface area (Å²) in [6.45, 7) is 3.15. The molecule has 5 heteroatoms. The maximum absolute atomic E-state index is 12.7. The predicted octanol–water partition coefficient (Wildman–Crippen LogP) is 0.993. The summed E-state index contributed by atoms with van der Waals surface area (Å²) in [5, 5.41) is 3.41. The number of carbonyl (C=O) groups excluding carboxylic acids is 2. The molecule has 1 saturated heterocycles. The third-order valence-electron chi connectivity index (χ3n) is 4.66. The van der Waals surface area contributed by atoms with Gasteiger partial charge in [-0.2, -0.15) is 0 Å². The van der Waals surface area contributed by atoms with E-state index in [0.717, 1.165) is 12.1 Å². The van der Waals surface area contributed by atoms with Gasteiger partial charge in [-0.1, -0.05) is 18.2 Å². The van der Waals surface area contributed by atoms with Crippen LogP contribution in [0.4, 0.5) is 5.69 Å². The number of amides is 2. The number of nitrogens with two attached hydrogens (primary N) is 1. The first-order chi connectivity index (χ1) is 10.1. The number of benzene rings is 1. The van der Waals surface area contributed by atoms with E-state index in [-0.39, 0.29) is 29.7 Å². The molecule has 2 aliphatic rings. The number of anilines is 1. The highest BCUT2D eigenvalue weighted by Crippen LogP contribution is 2.30. The Balaban J connectivity index is 1.73. The van der Waals surface area contributed by atoms with Gasteiger partial charge in [0, 0.05) is 24.8 Å². The van der Waals surface area contributed by atoms with Crippen LogP contribution in [-0.2, 0) is 16.0 Å². The van der Waals surface area contributed by atoms with Gasteiger partial charge in [-0.25, -0.2) is 0 Å². The Morgan fingerprint density at radius 3 is 2.81 bits per heavy atom. The monoisotopic (exact) mass is 287 g/mol. The molecule has 3 rings (SSSR count).